The van der Waals surface area contributed by atoms with Gasteiger partial charge < -0.3 is 9.52 Å². The smallest absolute Gasteiger partial charge is 0.153 e. The molecule has 1 aliphatic rings. The van der Waals surface area contributed by atoms with Crippen LogP contribution in [0.1, 0.15) is 30.6 Å². The maximum absolute atomic E-state index is 11.9. The van der Waals surface area contributed by atoms with Crippen LogP contribution in [-0.4, -0.2) is 25.0 Å². The molecule has 4 nitrogen and oxygen atoms in total. The minimum absolute atomic E-state index is 0.370. The summed E-state index contributed by atoms with van der Waals surface area (Å²) >= 11 is 0. The molecule has 5 heteroatoms. The number of furan rings is 1. The number of para-hydroxylation sites is 1. The molecule has 1 aromatic carbocycles. The van der Waals surface area contributed by atoms with E-state index in [4.69, 9.17) is 4.42 Å². The van der Waals surface area contributed by atoms with E-state index >= 15 is 0 Å². The molecule has 0 amide bonds. The fraction of sp³-hybridized carbons (Fsp3) is 0.467. The van der Waals surface area contributed by atoms with Gasteiger partial charge in [-0.15, -0.1) is 0 Å². The summed E-state index contributed by atoms with van der Waals surface area (Å²) in [4.78, 5) is 0. The topological polar surface area (TPSA) is 67.5 Å². The first-order valence-electron chi connectivity index (χ1n) is 6.73. The van der Waals surface area contributed by atoms with Gasteiger partial charge in [-0.3, -0.25) is 0 Å². The third kappa shape index (κ3) is 1.96. The van der Waals surface area contributed by atoms with Crippen molar-refractivity contribution in [2.45, 2.75) is 37.0 Å². The van der Waals surface area contributed by atoms with Crippen LogP contribution in [-0.2, 0) is 15.4 Å². The van der Waals surface area contributed by atoms with Gasteiger partial charge in [0.25, 0.3) is 0 Å². The average Bonchev–Trinajstić information content (AvgIpc) is 2.93. The molecule has 0 spiro atoms. The van der Waals surface area contributed by atoms with Crippen LogP contribution in [0.4, 0.5) is 0 Å². The van der Waals surface area contributed by atoms with Crippen LogP contribution in [0.15, 0.2) is 28.7 Å². The van der Waals surface area contributed by atoms with E-state index in [1.807, 2.05) is 25.1 Å². The molecule has 2 atom stereocenters. The van der Waals surface area contributed by atoms with Gasteiger partial charge in [-0.1, -0.05) is 18.2 Å². The molecule has 1 aliphatic carbocycles. The SMILES string of the molecule is Cc1cccc2cc(C3(O)CCCC3S(C)(=O)=O)oc12. The van der Waals surface area contributed by atoms with E-state index in [2.05, 4.69) is 0 Å². The highest BCUT2D eigenvalue weighted by atomic mass is 32.2. The van der Waals surface area contributed by atoms with Crippen molar-refractivity contribution in [3.8, 4) is 0 Å². The molecule has 2 aromatic rings. The third-order valence-corrected chi connectivity index (χ3v) is 5.90. The molecule has 2 unspecified atom stereocenters. The molecule has 1 saturated carbocycles. The summed E-state index contributed by atoms with van der Waals surface area (Å²) in [5, 5.41) is 11.0. The Morgan fingerprint density at radius 1 is 1.40 bits per heavy atom. The van der Waals surface area contributed by atoms with Gasteiger partial charge in [0, 0.05) is 11.6 Å². The van der Waals surface area contributed by atoms with Crippen molar-refractivity contribution in [1.29, 1.82) is 0 Å². The van der Waals surface area contributed by atoms with E-state index in [0.29, 0.717) is 25.0 Å². The summed E-state index contributed by atoms with van der Waals surface area (Å²) in [6, 6.07) is 7.53. The van der Waals surface area contributed by atoms with E-state index in [9.17, 15) is 13.5 Å². The number of hydrogen-bond acceptors (Lipinski definition) is 4. The highest BCUT2D eigenvalue weighted by molar-refractivity contribution is 7.91. The van der Waals surface area contributed by atoms with Crippen LogP contribution >= 0.6 is 0 Å². The minimum atomic E-state index is -3.32. The monoisotopic (exact) mass is 294 g/mol. The van der Waals surface area contributed by atoms with Gasteiger partial charge in [0.15, 0.2) is 9.84 Å². The zero-order valence-electron chi connectivity index (χ0n) is 11.6. The van der Waals surface area contributed by atoms with Gasteiger partial charge in [-0.05, 0) is 37.8 Å². The van der Waals surface area contributed by atoms with E-state index in [-0.39, 0.29) is 0 Å². The summed E-state index contributed by atoms with van der Waals surface area (Å²) in [5.74, 6) is 0.370. The number of hydrogen-bond donors (Lipinski definition) is 1. The first-order chi connectivity index (χ1) is 9.32. The normalized spacial score (nSPS) is 27.2. The zero-order chi connectivity index (χ0) is 14.5. The average molecular weight is 294 g/mol. The Morgan fingerprint density at radius 3 is 2.80 bits per heavy atom. The molecule has 3 rings (SSSR count). The van der Waals surface area contributed by atoms with E-state index in [1.165, 1.54) is 6.26 Å². The lowest BCUT2D eigenvalue weighted by atomic mass is 9.98. The number of aliphatic hydroxyl groups is 1. The first kappa shape index (κ1) is 13.6. The number of sulfone groups is 1. The van der Waals surface area contributed by atoms with Crippen molar-refractivity contribution in [3.63, 3.8) is 0 Å². The molecule has 1 heterocycles. The molecule has 0 bridgehead atoms. The maximum atomic E-state index is 11.9. The van der Waals surface area contributed by atoms with Gasteiger partial charge in [0.05, 0.1) is 5.25 Å². The Balaban J connectivity index is 2.16. The van der Waals surface area contributed by atoms with Crippen molar-refractivity contribution in [1.82, 2.24) is 0 Å². The van der Waals surface area contributed by atoms with E-state index in [0.717, 1.165) is 16.5 Å². The Kier molecular flexibility index (Phi) is 2.95. The third-order valence-electron chi connectivity index (χ3n) is 4.24. The lowest BCUT2D eigenvalue weighted by Crippen LogP contribution is -2.39. The second-order valence-corrected chi connectivity index (χ2v) is 7.97. The summed E-state index contributed by atoms with van der Waals surface area (Å²) in [6.07, 6.45) is 2.76. The fourth-order valence-electron chi connectivity index (χ4n) is 3.23. The van der Waals surface area contributed by atoms with Crippen molar-refractivity contribution in [3.05, 3.63) is 35.6 Å². The predicted molar refractivity (Wildman–Crippen MR) is 77.3 cm³/mol. The molecule has 1 N–H and O–H groups in total. The fourth-order valence-corrected chi connectivity index (χ4v) is 4.77. The first-order valence-corrected chi connectivity index (χ1v) is 8.69. The zero-order valence-corrected chi connectivity index (χ0v) is 12.4. The van der Waals surface area contributed by atoms with Crippen molar-refractivity contribution in [2.75, 3.05) is 6.26 Å². The Hall–Kier alpha value is -1.33. The largest absolute Gasteiger partial charge is 0.458 e. The lowest BCUT2D eigenvalue weighted by molar-refractivity contribution is 0.0266. The van der Waals surface area contributed by atoms with Crippen LogP contribution in [0.5, 0.6) is 0 Å². The van der Waals surface area contributed by atoms with Gasteiger partial charge in [-0.25, -0.2) is 8.42 Å². The number of rotatable bonds is 2. The molecule has 0 aliphatic heterocycles. The quantitative estimate of drug-likeness (QED) is 0.924. The molecular weight excluding hydrogens is 276 g/mol. The summed E-state index contributed by atoms with van der Waals surface area (Å²) < 4.78 is 29.6. The highest BCUT2D eigenvalue weighted by Crippen LogP contribution is 2.44. The van der Waals surface area contributed by atoms with Crippen LogP contribution in [0.2, 0.25) is 0 Å². The summed E-state index contributed by atoms with van der Waals surface area (Å²) in [5.41, 5.74) is 0.292. The highest BCUT2D eigenvalue weighted by Gasteiger charge is 2.50. The van der Waals surface area contributed by atoms with Crippen LogP contribution in [0.25, 0.3) is 11.0 Å². The molecule has 20 heavy (non-hydrogen) atoms. The van der Waals surface area contributed by atoms with Crippen LogP contribution in [0, 0.1) is 6.92 Å². The Bertz CT molecular complexity index is 759. The van der Waals surface area contributed by atoms with Crippen LogP contribution < -0.4 is 0 Å². The minimum Gasteiger partial charge on any atom is -0.458 e. The van der Waals surface area contributed by atoms with Crippen molar-refractivity contribution in [2.24, 2.45) is 0 Å². The predicted octanol–water partition coefficient (Wildman–Crippen LogP) is 2.53. The van der Waals surface area contributed by atoms with Gasteiger partial charge in [-0.2, -0.15) is 0 Å². The lowest BCUT2D eigenvalue weighted by Gasteiger charge is -2.26. The second kappa shape index (κ2) is 4.33. The number of fused-ring (bicyclic) bond motifs is 1. The molecule has 1 fully saturated rings. The van der Waals surface area contributed by atoms with Gasteiger partial charge in [0.2, 0.25) is 0 Å². The molecule has 1 aromatic heterocycles. The molecule has 0 radical (unpaired) electrons. The number of benzene rings is 1. The van der Waals surface area contributed by atoms with Gasteiger partial charge in [0.1, 0.15) is 16.9 Å². The van der Waals surface area contributed by atoms with Crippen molar-refractivity contribution < 1.29 is 17.9 Å². The summed E-state index contributed by atoms with van der Waals surface area (Å²) in [6.45, 7) is 1.93. The Morgan fingerprint density at radius 2 is 2.15 bits per heavy atom. The molecule has 108 valence electrons. The maximum Gasteiger partial charge on any atom is 0.153 e. The molecular formula is C15H18O4S. The standard InChI is InChI=1S/C15H18O4S/c1-10-5-3-6-11-9-12(19-14(10)11)15(16)8-4-7-13(15)20(2,17)18/h3,5-6,9,13,16H,4,7-8H2,1-2H3. The number of aryl methyl sites for hydroxylation is 1. The van der Waals surface area contributed by atoms with Gasteiger partial charge >= 0.3 is 0 Å². The van der Waals surface area contributed by atoms with E-state index < -0.39 is 20.7 Å². The van der Waals surface area contributed by atoms with Crippen molar-refractivity contribution >= 4 is 20.8 Å². The van der Waals surface area contributed by atoms with Crippen LogP contribution in [0.3, 0.4) is 0 Å². The summed E-state index contributed by atoms with van der Waals surface area (Å²) in [7, 11) is -3.32. The second-order valence-electron chi connectivity index (χ2n) is 5.74. The van der Waals surface area contributed by atoms with E-state index in [1.54, 1.807) is 6.07 Å². The Labute approximate surface area is 118 Å². The molecule has 0 saturated heterocycles.